The number of hydrogen-bond acceptors (Lipinski definition) is 3. The van der Waals surface area contributed by atoms with Crippen molar-refractivity contribution in [3.05, 3.63) is 69.2 Å². The van der Waals surface area contributed by atoms with Gasteiger partial charge in [0.2, 0.25) is 0 Å². The maximum atomic E-state index is 14.2. The van der Waals surface area contributed by atoms with Crippen molar-refractivity contribution in [2.75, 3.05) is 6.54 Å². The zero-order valence-corrected chi connectivity index (χ0v) is 17.5. The third kappa shape index (κ3) is 3.38. The topological polar surface area (TPSA) is 28.5 Å². The van der Waals surface area contributed by atoms with E-state index >= 15 is 0 Å². The molecule has 0 saturated carbocycles. The Kier molecular flexibility index (Phi) is 5.10. The van der Waals surface area contributed by atoms with Gasteiger partial charge in [0.25, 0.3) is 0 Å². The number of benzene rings is 1. The lowest BCUT2D eigenvalue weighted by molar-refractivity contribution is -0.184. The Morgan fingerprint density at radius 3 is 2.37 bits per heavy atom. The minimum Gasteiger partial charge on any atom is -0.352 e. The number of hydrogen-bond donors (Lipinski definition) is 0. The van der Waals surface area contributed by atoms with Gasteiger partial charge in [0, 0.05) is 25.7 Å². The molecule has 0 amide bonds. The van der Waals surface area contributed by atoms with Crippen LogP contribution >= 0.6 is 23.2 Å². The number of nitrogens with zero attached hydrogens (tertiary/aromatic N) is 3. The van der Waals surface area contributed by atoms with E-state index < -0.39 is 34.0 Å². The zero-order valence-electron chi connectivity index (χ0n) is 16.0. The van der Waals surface area contributed by atoms with E-state index in [1.807, 2.05) is 17.9 Å². The Balaban J connectivity index is 1.64. The summed E-state index contributed by atoms with van der Waals surface area (Å²) in [5, 5.41) is -0.886. The lowest BCUT2D eigenvalue weighted by atomic mass is 9.78. The van der Waals surface area contributed by atoms with Crippen LogP contribution < -0.4 is 0 Å². The van der Waals surface area contributed by atoms with Crippen molar-refractivity contribution in [3.8, 4) is 0 Å². The number of fused-ring (bicyclic) bond motifs is 1. The molecule has 0 radical (unpaired) electrons. The van der Waals surface area contributed by atoms with E-state index in [0.29, 0.717) is 18.9 Å². The molecule has 4 rings (SSSR count). The molecule has 0 fully saturated rings. The van der Waals surface area contributed by atoms with Crippen LogP contribution in [0.25, 0.3) is 5.57 Å². The third-order valence-corrected chi connectivity index (χ3v) is 6.23. The van der Waals surface area contributed by atoms with Crippen LogP contribution in [0.5, 0.6) is 0 Å². The van der Waals surface area contributed by atoms with Gasteiger partial charge >= 0.3 is 6.18 Å². The fraction of sp³-hybridized carbons (Fsp3) is 0.333. The highest BCUT2D eigenvalue weighted by Gasteiger charge is 2.59. The first-order valence-corrected chi connectivity index (χ1v) is 9.91. The van der Waals surface area contributed by atoms with Gasteiger partial charge < -0.3 is 4.90 Å². The molecular weight excluding hydrogens is 441 g/mol. The summed E-state index contributed by atoms with van der Waals surface area (Å²) in [6.07, 6.45) is -3.26. The number of rotatable bonds is 2. The molecule has 3 nitrogen and oxygen atoms in total. The van der Waals surface area contributed by atoms with Crippen LogP contribution in [0.4, 0.5) is 17.6 Å². The molecule has 9 heteroatoms. The summed E-state index contributed by atoms with van der Waals surface area (Å²) in [4.78, 5) is 10.4. The van der Waals surface area contributed by atoms with Gasteiger partial charge in [-0.2, -0.15) is 13.2 Å². The van der Waals surface area contributed by atoms with Gasteiger partial charge in [0.1, 0.15) is 11.3 Å². The summed E-state index contributed by atoms with van der Waals surface area (Å²) in [5.74, 6) is -0.591. The first-order chi connectivity index (χ1) is 14.0. The summed E-state index contributed by atoms with van der Waals surface area (Å²) in [6.45, 7) is 6.08. The van der Waals surface area contributed by atoms with Crippen LogP contribution in [0.15, 0.2) is 36.0 Å². The predicted molar refractivity (Wildman–Crippen MR) is 109 cm³/mol. The fourth-order valence-corrected chi connectivity index (χ4v) is 4.38. The van der Waals surface area contributed by atoms with Crippen LogP contribution in [-0.4, -0.2) is 28.4 Å². The first-order valence-electron chi connectivity index (χ1n) is 9.15. The highest BCUT2D eigenvalue weighted by molar-refractivity contribution is 6.35. The maximum Gasteiger partial charge on any atom is 0.400 e. The minimum atomic E-state index is -4.62. The van der Waals surface area contributed by atoms with Gasteiger partial charge in [-0.15, -0.1) is 0 Å². The van der Waals surface area contributed by atoms with Crippen molar-refractivity contribution in [1.82, 2.24) is 9.88 Å². The summed E-state index contributed by atoms with van der Waals surface area (Å²) < 4.78 is 56.5. The molecule has 0 N–H and O–H groups in total. The number of pyridine rings is 1. The second-order valence-corrected chi connectivity index (χ2v) is 8.53. The van der Waals surface area contributed by atoms with Crippen LogP contribution in [0, 0.1) is 5.82 Å². The number of halogens is 6. The Bertz CT molecular complexity index is 1060. The third-order valence-electron chi connectivity index (χ3n) is 5.68. The van der Waals surface area contributed by atoms with E-state index in [1.54, 1.807) is 6.20 Å². The number of amidine groups is 1. The molecule has 0 bridgehead atoms. The quantitative estimate of drug-likeness (QED) is 0.397. The zero-order chi connectivity index (χ0) is 21.8. The number of aliphatic imine (C=N–C) groups is 1. The van der Waals surface area contributed by atoms with Gasteiger partial charge in [-0.05, 0) is 47.4 Å². The van der Waals surface area contributed by atoms with Crippen molar-refractivity contribution in [2.45, 2.75) is 38.0 Å². The maximum absolute atomic E-state index is 14.2. The van der Waals surface area contributed by atoms with E-state index in [9.17, 15) is 17.6 Å². The van der Waals surface area contributed by atoms with Gasteiger partial charge in [0.05, 0.1) is 22.3 Å². The van der Waals surface area contributed by atoms with Gasteiger partial charge in [0.15, 0.2) is 5.82 Å². The largest absolute Gasteiger partial charge is 0.400 e. The molecule has 0 spiro atoms. The number of aromatic nitrogens is 1. The number of allylic oxidation sites excluding steroid dienone is 1. The van der Waals surface area contributed by atoms with Crippen molar-refractivity contribution in [3.63, 3.8) is 0 Å². The van der Waals surface area contributed by atoms with E-state index in [4.69, 9.17) is 23.2 Å². The normalized spacial score (nSPS) is 21.0. The Hall–Kier alpha value is -2.12. The molecule has 2 aliphatic heterocycles. The highest BCUT2D eigenvalue weighted by atomic mass is 35.5. The van der Waals surface area contributed by atoms with Crippen molar-refractivity contribution in [2.24, 2.45) is 4.99 Å². The van der Waals surface area contributed by atoms with Crippen LogP contribution in [-0.2, 0) is 18.5 Å². The Labute approximate surface area is 181 Å². The summed E-state index contributed by atoms with van der Waals surface area (Å²) >= 11 is 11.6. The molecule has 2 aromatic rings. The molecular formula is C21H17Cl2F4N3. The predicted octanol–water partition coefficient (Wildman–Crippen LogP) is 6.18. The molecule has 1 aromatic carbocycles. The minimum absolute atomic E-state index is 0.187. The van der Waals surface area contributed by atoms with Crippen molar-refractivity contribution >= 4 is 34.6 Å². The van der Waals surface area contributed by atoms with Gasteiger partial charge in [-0.1, -0.05) is 29.8 Å². The number of alkyl halides is 3. The highest BCUT2D eigenvalue weighted by Crippen LogP contribution is 2.49. The molecule has 1 aromatic heterocycles. The average Bonchev–Trinajstić information content (AvgIpc) is 3.29. The molecule has 1 unspecified atom stereocenters. The van der Waals surface area contributed by atoms with Crippen LogP contribution in [0.1, 0.15) is 35.7 Å². The summed E-state index contributed by atoms with van der Waals surface area (Å²) in [5.41, 5.74) is 1.01. The smallest absolute Gasteiger partial charge is 0.352 e. The monoisotopic (exact) mass is 457 g/mol. The van der Waals surface area contributed by atoms with Gasteiger partial charge in [-0.3, -0.25) is 9.98 Å². The van der Waals surface area contributed by atoms with Gasteiger partial charge in [-0.25, -0.2) is 4.39 Å². The van der Waals surface area contributed by atoms with E-state index in [-0.39, 0.29) is 12.0 Å². The SMILES string of the molecule is C=C(C)c1cc2c(cn1)CN(C1=NCC(c3cc(Cl)c(F)c(Cl)c3)(C(F)(F)F)C1)C2. The van der Waals surface area contributed by atoms with Crippen molar-refractivity contribution in [1.29, 1.82) is 0 Å². The van der Waals surface area contributed by atoms with E-state index in [2.05, 4.69) is 16.6 Å². The summed E-state index contributed by atoms with van der Waals surface area (Å²) in [7, 11) is 0. The molecule has 158 valence electrons. The summed E-state index contributed by atoms with van der Waals surface area (Å²) in [6, 6.07) is 3.90. The van der Waals surface area contributed by atoms with E-state index in [1.165, 1.54) is 0 Å². The molecule has 0 saturated heterocycles. The second kappa shape index (κ2) is 7.24. The Morgan fingerprint density at radius 2 is 1.77 bits per heavy atom. The second-order valence-electron chi connectivity index (χ2n) is 7.72. The standard InChI is InChI=1S/C21H17Cl2F4N3/c1-11(2)17-3-12-8-30(9-13(12)7-28-17)18-6-20(10-29-18,21(25,26)27)14-4-15(22)19(24)16(23)5-14/h3-5,7H,1,6,8-10H2,2H3. The Morgan fingerprint density at radius 1 is 1.13 bits per heavy atom. The van der Waals surface area contributed by atoms with E-state index in [0.717, 1.165) is 34.5 Å². The molecule has 0 aliphatic carbocycles. The lowest BCUT2D eigenvalue weighted by Crippen LogP contribution is -2.44. The molecule has 1 atom stereocenters. The lowest BCUT2D eigenvalue weighted by Gasteiger charge is -2.32. The average molecular weight is 458 g/mol. The molecule has 3 heterocycles. The van der Waals surface area contributed by atoms with Crippen molar-refractivity contribution < 1.29 is 17.6 Å². The fourth-order valence-electron chi connectivity index (χ4n) is 3.90. The van der Waals surface area contributed by atoms with Crippen LogP contribution in [0.3, 0.4) is 0 Å². The van der Waals surface area contributed by atoms with Crippen LogP contribution in [0.2, 0.25) is 10.0 Å². The molecule has 30 heavy (non-hydrogen) atoms. The first kappa shape index (κ1) is 21.1. The molecule has 2 aliphatic rings.